The first-order valence-electron chi connectivity index (χ1n) is 13.7. The first-order chi connectivity index (χ1) is 20.0. The second-order valence-corrected chi connectivity index (χ2v) is 11.0. The molecule has 6 rings (SSSR count). The Morgan fingerprint density at radius 2 is 1.76 bits per heavy atom. The molecule has 0 spiro atoms. The number of allylic oxidation sites excluding steroid dienone is 1. The molecular formula is C30H30N4O8. The van der Waals surface area contributed by atoms with Crippen molar-refractivity contribution in [3.63, 3.8) is 0 Å². The van der Waals surface area contributed by atoms with Crippen molar-refractivity contribution >= 4 is 17.8 Å². The van der Waals surface area contributed by atoms with E-state index in [0.29, 0.717) is 42.0 Å². The number of carbonyl (C=O) groups excluding carboxylic acids is 3. The second-order valence-electron chi connectivity index (χ2n) is 11.0. The third kappa shape index (κ3) is 4.25. The predicted molar refractivity (Wildman–Crippen MR) is 149 cm³/mol. The summed E-state index contributed by atoms with van der Waals surface area (Å²) < 4.78 is 20.7. The number of methoxy groups -OCH3 is 1. The molecule has 42 heavy (non-hydrogen) atoms. The van der Waals surface area contributed by atoms with E-state index in [1.54, 1.807) is 42.5 Å². The Morgan fingerprint density at radius 3 is 2.45 bits per heavy atom. The average molecular weight is 575 g/mol. The van der Waals surface area contributed by atoms with Gasteiger partial charge in [0.1, 0.15) is 29.2 Å². The van der Waals surface area contributed by atoms with Crippen LogP contribution in [0.3, 0.4) is 0 Å². The molecule has 3 aliphatic rings. The topological polar surface area (TPSA) is 131 Å². The van der Waals surface area contributed by atoms with E-state index in [0.717, 1.165) is 10.1 Å². The van der Waals surface area contributed by atoms with E-state index in [1.165, 1.54) is 28.3 Å². The van der Waals surface area contributed by atoms with Crippen LogP contribution in [0.4, 0.5) is 4.79 Å². The van der Waals surface area contributed by atoms with Crippen LogP contribution in [0.2, 0.25) is 0 Å². The molecule has 0 N–H and O–H groups in total. The molecule has 3 aliphatic heterocycles. The Balaban J connectivity index is 1.38. The fraction of sp³-hybridized carbons (Fsp3) is 0.367. The van der Waals surface area contributed by atoms with Crippen LogP contribution < -0.4 is 20.9 Å². The highest BCUT2D eigenvalue weighted by atomic mass is 16.6. The Morgan fingerprint density at radius 1 is 1.02 bits per heavy atom. The fourth-order valence-corrected chi connectivity index (χ4v) is 6.03. The SMILES string of the molecule is COC(=O)[C@@H]1CCCN1C(=O)Oc1ccc2c(c1)OC(C)(C)C1=CCn3c(=O)n(-c4ccc(C(C)=O)cc4)c(=O)n3C12. The van der Waals surface area contributed by atoms with Gasteiger partial charge in [-0.25, -0.2) is 33.1 Å². The minimum Gasteiger partial charge on any atom is -0.483 e. The highest BCUT2D eigenvalue weighted by Crippen LogP contribution is 2.47. The van der Waals surface area contributed by atoms with Crippen LogP contribution in [0.1, 0.15) is 55.6 Å². The molecular weight excluding hydrogens is 544 g/mol. The smallest absolute Gasteiger partial charge is 0.415 e. The molecule has 1 aromatic heterocycles. The lowest BCUT2D eigenvalue weighted by molar-refractivity contribution is -0.145. The number of hydrogen-bond acceptors (Lipinski definition) is 8. The summed E-state index contributed by atoms with van der Waals surface area (Å²) in [7, 11) is 1.28. The van der Waals surface area contributed by atoms with Gasteiger partial charge >= 0.3 is 23.4 Å². The van der Waals surface area contributed by atoms with Gasteiger partial charge in [0.2, 0.25) is 0 Å². The number of likely N-dealkylation sites (tertiary alicyclic amines) is 1. The zero-order valence-electron chi connectivity index (χ0n) is 23.7. The van der Waals surface area contributed by atoms with Crippen molar-refractivity contribution in [2.45, 2.75) is 57.8 Å². The van der Waals surface area contributed by atoms with Gasteiger partial charge in [0, 0.05) is 23.7 Å². The van der Waals surface area contributed by atoms with Gasteiger partial charge in [0.05, 0.1) is 19.3 Å². The normalized spacial score (nSPS) is 20.0. The highest BCUT2D eigenvalue weighted by molar-refractivity contribution is 5.94. The lowest BCUT2D eigenvalue weighted by Gasteiger charge is -2.42. The Bertz CT molecular complexity index is 1780. The maximum atomic E-state index is 13.9. The highest BCUT2D eigenvalue weighted by Gasteiger charge is 2.44. The molecule has 12 heteroatoms. The molecule has 1 amide bonds. The maximum Gasteiger partial charge on any atom is 0.415 e. The van der Waals surface area contributed by atoms with Crippen molar-refractivity contribution in [2.24, 2.45) is 0 Å². The summed E-state index contributed by atoms with van der Waals surface area (Å²) in [4.78, 5) is 65.5. The van der Waals surface area contributed by atoms with Crippen LogP contribution in [0.25, 0.3) is 5.69 Å². The summed E-state index contributed by atoms with van der Waals surface area (Å²) in [6, 6.07) is 9.85. The summed E-state index contributed by atoms with van der Waals surface area (Å²) in [5.41, 5.74) is 0.365. The number of rotatable bonds is 4. The average Bonchev–Trinajstić information content (AvgIpc) is 3.55. The number of carbonyl (C=O) groups is 3. The fourth-order valence-electron chi connectivity index (χ4n) is 6.03. The van der Waals surface area contributed by atoms with Gasteiger partial charge in [-0.3, -0.25) is 9.69 Å². The van der Waals surface area contributed by atoms with Crippen LogP contribution in [-0.2, 0) is 16.1 Å². The summed E-state index contributed by atoms with van der Waals surface area (Å²) in [6.07, 6.45) is 2.38. The summed E-state index contributed by atoms with van der Waals surface area (Å²) >= 11 is 0. The Hall–Kier alpha value is -4.87. The summed E-state index contributed by atoms with van der Waals surface area (Å²) in [5.74, 6) is -0.00817. The van der Waals surface area contributed by atoms with Crippen molar-refractivity contribution in [1.82, 2.24) is 18.8 Å². The van der Waals surface area contributed by atoms with Crippen molar-refractivity contribution in [1.29, 1.82) is 0 Å². The van der Waals surface area contributed by atoms with Crippen LogP contribution in [0, 0.1) is 0 Å². The number of Topliss-reactive ketones (excluding diaryl/α,β-unsaturated/α-hetero) is 1. The second kappa shape index (κ2) is 9.89. The van der Waals surface area contributed by atoms with Crippen LogP contribution in [-0.4, -0.2) is 62.0 Å². The van der Waals surface area contributed by atoms with E-state index in [1.807, 2.05) is 19.9 Å². The lowest BCUT2D eigenvalue weighted by Crippen LogP contribution is -2.46. The Labute approximate surface area is 240 Å². The first kappa shape index (κ1) is 27.3. The van der Waals surface area contributed by atoms with Crippen LogP contribution in [0.5, 0.6) is 11.5 Å². The van der Waals surface area contributed by atoms with E-state index in [4.69, 9.17) is 14.2 Å². The molecule has 218 valence electrons. The number of ether oxygens (including phenoxy) is 3. The molecule has 2 atom stereocenters. The molecule has 0 saturated carbocycles. The quantitative estimate of drug-likeness (QED) is 0.264. The maximum absolute atomic E-state index is 13.9. The van der Waals surface area contributed by atoms with E-state index in [-0.39, 0.29) is 18.1 Å². The van der Waals surface area contributed by atoms with Gasteiger partial charge in [-0.05, 0) is 75.6 Å². The lowest BCUT2D eigenvalue weighted by atomic mass is 9.83. The molecule has 0 bridgehead atoms. The molecule has 12 nitrogen and oxygen atoms in total. The van der Waals surface area contributed by atoms with E-state index < -0.39 is 41.1 Å². The zero-order valence-corrected chi connectivity index (χ0v) is 23.7. The van der Waals surface area contributed by atoms with E-state index in [9.17, 15) is 24.0 Å². The monoisotopic (exact) mass is 574 g/mol. The molecule has 1 saturated heterocycles. The molecule has 1 unspecified atom stereocenters. The van der Waals surface area contributed by atoms with Gasteiger partial charge < -0.3 is 14.2 Å². The number of ketones is 1. The minimum absolute atomic E-state index is 0.120. The van der Waals surface area contributed by atoms with E-state index in [2.05, 4.69) is 0 Å². The largest absolute Gasteiger partial charge is 0.483 e. The first-order valence-corrected chi connectivity index (χ1v) is 13.7. The third-order valence-electron chi connectivity index (χ3n) is 8.12. The number of nitrogens with zero attached hydrogens (tertiary/aromatic N) is 4. The molecule has 3 aromatic rings. The van der Waals surface area contributed by atoms with E-state index >= 15 is 0 Å². The number of fused-ring (bicyclic) bond motifs is 5. The minimum atomic E-state index is -0.850. The van der Waals surface area contributed by atoms with Crippen molar-refractivity contribution in [2.75, 3.05) is 13.7 Å². The molecule has 2 aromatic carbocycles. The molecule has 1 fully saturated rings. The van der Waals surface area contributed by atoms with Gasteiger partial charge in [0.25, 0.3) is 0 Å². The Kier molecular flexibility index (Phi) is 6.43. The van der Waals surface area contributed by atoms with Gasteiger partial charge in [-0.1, -0.05) is 6.08 Å². The number of aromatic nitrogens is 3. The molecule has 0 radical (unpaired) electrons. The van der Waals surface area contributed by atoms with Crippen LogP contribution >= 0.6 is 0 Å². The van der Waals surface area contributed by atoms with Gasteiger partial charge in [0.15, 0.2) is 5.78 Å². The number of esters is 1. The standard InChI is InChI=1S/C30H30N4O8/c1-17(35)18-7-9-19(10-8-18)33-27(37)32-15-13-22-25(34(32)28(33)38)21-12-11-20(16-24(21)42-30(22,2)3)41-29(39)31-14-5-6-23(31)26(36)40-4/h7-13,16,23,25H,5-6,14-15H2,1-4H3/t23-,25?/m0/s1. The summed E-state index contributed by atoms with van der Waals surface area (Å²) in [5, 5.41) is 0. The third-order valence-corrected chi connectivity index (χ3v) is 8.12. The zero-order chi connectivity index (χ0) is 29.9. The van der Waals surface area contributed by atoms with Crippen molar-refractivity contribution in [3.05, 3.63) is 86.2 Å². The predicted octanol–water partition coefficient (Wildman–Crippen LogP) is 2.84. The molecule has 4 heterocycles. The van der Waals surface area contributed by atoms with Gasteiger partial charge in [-0.15, -0.1) is 0 Å². The summed E-state index contributed by atoms with van der Waals surface area (Å²) in [6.45, 7) is 5.73. The van der Waals surface area contributed by atoms with Crippen molar-refractivity contribution < 1.29 is 28.6 Å². The van der Waals surface area contributed by atoms with Crippen LogP contribution in [0.15, 0.2) is 63.7 Å². The molecule has 0 aliphatic carbocycles. The van der Waals surface area contributed by atoms with Crippen molar-refractivity contribution in [3.8, 4) is 17.2 Å². The number of benzene rings is 2. The van der Waals surface area contributed by atoms with Gasteiger partial charge in [-0.2, -0.15) is 0 Å². The number of amides is 1. The number of hydrogen-bond donors (Lipinski definition) is 0.